The molecule has 0 aliphatic heterocycles. The predicted octanol–water partition coefficient (Wildman–Crippen LogP) is 1.22. The van der Waals surface area contributed by atoms with Gasteiger partial charge in [0.05, 0.1) is 6.61 Å². The van der Waals surface area contributed by atoms with Gasteiger partial charge in [-0.3, -0.25) is 0 Å². The van der Waals surface area contributed by atoms with Crippen molar-refractivity contribution >= 4 is 0 Å². The number of aliphatic hydroxyl groups excluding tert-OH is 1. The highest BCUT2D eigenvalue weighted by Gasteiger charge is 2.30. The summed E-state index contributed by atoms with van der Waals surface area (Å²) in [4.78, 5) is 16.7. The zero-order valence-corrected chi connectivity index (χ0v) is 12.3. The van der Waals surface area contributed by atoms with Crippen LogP contribution in [0.4, 0.5) is 0 Å². The van der Waals surface area contributed by atoms with Crippen LogP contribution in [0.25, 0.3) is 0 Å². The molecule has 2 aromatic carbocycles. The number of hydrogen-bond acceptors (Lipinski definition) is 6. The Hall–Kier alpha value is -3.24. The summed E-state index contributed by atoms with van der Waals surface area (Å²) in [6, 6.07) is 18.4. The molecule has 2 aromatic rings. The monoisotopic (exact) mass is 340 g/mol. The zero-order chi connectivity index (χ0) is 18.6. The molecule has 0 heterocycles. The Morgan fingerprint density at radius 3 is 1.25 bits per heavy atom. The lowest BCUT2D eigenvalue weighted by Gasteiger charge is -2.26. The molecule has 24 heavy (non-hydrogen) atoms. The van der Waals surface area contributed by atoms with Gasteiger partial charge in [0.25, 0.3) is 10.2 Å². The molecule has 0 bridgehead atoms. The number of aliphatic hydroxyl groups is 2. The number of benzene rings is 2. The number of nitrogens with zero attached hydrogens (tertiary/aromatic N) is 2. The Labute approximate surface area is 136 Å². The van der Waals surface area contributed by atoms with Gasteiger partial charge in [0.15, 0.2) is 0 Å². The van der Waals surface area contributed by atoms with E-state index in [-0.39, 0.29) is 6.61 Å². The van der Waals surface area contributed by atoms with Crippen LogP contribution in [-0.4, -0.2) is 37.4 Å². The van der Waals surface area contributed by atoms with E-state index < -0.39 is 15.8 Å². The summed E-state index contributed by atoms with van der Waals surface area (Å²) in [7, 11) is 0. The lowest BCUT2D eigenvalue weighted by molar-refractivity contribution is -0.742. The van der Waals surface area contributed by atoms with Gasteiger partial charge in [0, 0.05) is 0 Å². The normalized spacial score (nSPS) is 9.58. The van der Waals surface area contributed by atoms with E-state index in [1.165, 1.54) is 0 Å². The van der Waals surface area contributed by atoms with Crippen LogP contribution in [-0.2, 0) is 5.60 Å². The molecule has 0 aliphatic rings. The summed E-state index contributed by atoms with van der Waals surface area (Å²) in [5.41, 5.74) is 0.0788. The summed E-state index contributed by atoms with van der Waals surface area (Å²) >= 11 is 0. The lowest BCUT2D eigenvalue weighted by Crippen LogP contribution is -2.31. The van der Waals surface area contributed by atoms with Crippen LogP contribution in [0.5, 0.6) is 0 Å². The fraction of sp³-hybridized carbons (Fsp3) is 0.143. The van der Waals surface area contributed by atoms with E-state index >= 15 is 0 Å². The first kappa shape index (κ1) is 20.8. The summed E-state index contributed by atoms with van der Waals surface area (Å²) < 4.78 is 0. The van der Waals surface area contributed by atoms with Crippen molar-refractivity contribution < 1.29 is 30.8 Å². The molecule has 10 heteroatoms. The SMILES string of the molecule is O=[N+]([O-])O.O=[N+]([O-])O.OCC(O)(c1ccccc1)c1ccccc1. The molecule has 4 N–H and O–H groups in total. The Morgan fingerprint density at radius 2 is 1.04 bits per heavy atom. The molecular formula is C14H16N2O8. The van der Waals surface area contributed by atoms with E-state index in [2.05, 4.69) is 0 Å². The van der Waals surface area contributed by atoms with Crippen molar-refractivity contribution in [2.45, 2.75) is 5.60 Å². The zero-order valence-electron chi connectivity index (χ0n) is 12.3. The second-order valence-electron chi connectivity index (χ2n) is 4.23. The smallest absolute Gasteiger partial charge is 0.291 e. The minimum absolute atomic E-state index is 0.332. The number of hydrogen-bond donors (Lipinski definition) is 4. The van der Waals surface area contributed by atoms with Crippen molar-refractivity contribution in [3.63, 3.8) is 0 Å². The van der Waals surface area contributed by atoms with Crippen molar-refractivity contribution in [2.24, 2.45) is 0 Å². The third kappa shape index (κ3) is 7.68. The molecule has 0 atom stereocenters. The van der Waals surface area contributed by atoms with Gasteiger partial charge >= 0.3 is 0 Å². The van der Waals surface area contributed by atoms with E-state index in [0.717, 1.165) is 0 Å². The molecule has 0 saturated carbocycles. The molecule has 0 saturated heterocycles. The Morgan fingerprint density at radius 1 is 0.792 bits per heavy atom. The van der Waals surface area contributed by atoms with Crippen LogP contribution in [0.3, 0.4) is 0 Å². The molecule has 0 aromatic heterocycles. The lowest BCUT2D eigenvalue weighted by atomic mass is 9.87. The van der Waals surface area contributed by atoms with Crippen LogP contribution >= 0.6 is 0 Å². The molecule has 0 fully saturated rings. The fourth-order valence-electron chi connectivity index (χ4n) is 1.78. The van der Waals surface area contributed by atoms with Gasteiger partial charge in [-0.05, 0) is 11.1 Å². The maximum absolute atomic E-state index is 10.5. The van der Waals surface area contributed by atoms with Gasteiger partial charge in [-0.25, -0.2) is 0 Å². The van der Waals surface area contributed by atoms with Crippen LogP contribution in [0, 0.1) is 20.2 Å². The average molecular weight is 340 g/mol. The maximum atomic E-state index is 10.5. The van der Waals surface area contributed by atoms with Crippen LogP contribution in [0.2, 0.25) is 0 Å². The van der Waals surface area contributed by atoms with Gasteiger partial charge in [-0.15, -0.1) is 20.2 Å². The molecule has 0 aliphatic carbocycles. The molecule has 10 nitrogen and oxygen atoms in total. The fourth-order valence-corrected chi connectivity index (χ4v) is 1.78. The van der Waals surface area contributed by atoms with E-state index in [0.29, 0.717) is 11.1 Å². The molecule has 2 rings (SSSR count). The van der Waals surface area contributed by atoms with Crippen LogP contribution < -0.4 is 0 Å². The molecule has 0 amide bonds. The highest BCUT2D eigenvalue weighted by atomic mass is 16.9. The molecular weight excluding hydrogens is 324 g/mol. The molecule has 0 radical (unpaired) electrons. The van der Waals surface area contributed by atoms with Crippen molar-refractivity contribution in [1.82, 2.24) is 0 Å². The van der Waals surface area contributed by atoms with Crippen molar-refractivity contribution in [3.05, 3.63) is 92.0 Å². The predicted molar refractivity (Wildman–Crippen MR) is 80.5 cm³/mol. The summed E-state index contributed by atoms with van der Waals surface area (Å²) in [5.74, 6) is 0. The van der Waals surface area contributed by atoms with Gasteiger partial charge in [0.2, 0.25) is 0 Å². The van der Waals surface area contributed by atoms with Crippen molar-refractivity contribution in [1.29, 1.82) is 0 Å². The minimum Gasteiger partial charge on any atom is -0.393 e. The van der Waals surface area contributed by atoms with E-state index in [1.54, 1.807) is 0 Å². The maximum Gasteiger partial charge on any atom is 0.291 e. The third-order valence-corrected chi connectivity index (χ3v) is 2.73. The minimum atomic E-state index is -1.50. The van der Waals surface area contributed by atoms with Gasteiger partial charge in [-0.2, -0.15) is 0 Å². The first-order valence-electron chi connectivity index (χ1n) is 6.35. The van der Waals surface area contributed by atoms with Gasteiger partial charge in [-0.1, -0.05) is 60.7 Å². The van der Waals surface area contributed by atoms with E-state index in [1.807, 2.05) is 60.7 Å². The quantitative estimate of drug-likeness (QED) is 0.477. The standard InChI is InChI=1S/C14H14O2.2HNO3/c15-11-14(16,12-7-3-1-4-8-12)13-9-5-2-6-10-13;2*2-1(3)4/h1-10,15-16H,11H2;2*(H,2,3,4). The Balaban J connectivity index is 0.000000558. The first-order chi connectivity index (χ1) is 11.2. The first-order valence-corrected chi connectivity index (χ1v) is 6.35. The van der Waals surface area contributed by atoms with Crippen LogP contribution in [0.1, 0.15) is 11.1 Å². The van der Waals surface area contributed by atoms with Crippen LogP contribution in [0.15, 0.2) is 60.7 Å². The summed E-state index contributed by atoms with van der Waals surface area (Å²) in [6.07, 6.45) is 0. The molecule has 130 valence electrons. The van der Waals surface area contributed by atoms with E-state index in [9.17, 15) is 10.2 Å². The summed E-state index contributed by atoms with van der Waals surface area (Å²) in [6.45, 7) is -0.332. The Kier molecular flexibility index (Phi) is 9.07. The average Bonchev–Trinajstić information content (AvgIpc) is 2.55. The summed E-state index contributed by atoms with van der Waals surface area (Å²) in [5, 5.41) is 47.2. The van der Waals surface area contributed by atoms with Crippen molar-refractivity contribution in [3.8, 4) is 0 Å². The van der Waals surface area contributed by atoms with Gasteiger partial charge < -0.3 is 20.6 Å². The topological polar surface area (TPSA) is 167 Å². The second kappa shape index (κ2) is 10.5. The molecule has 0 unspecified atom stereocenters. The second-order valence-corrected chi connectivity index (χ2v) is 4.23. The third-order valence-electron chi connectivity index (χ3n) is 2.73. The van der Waals surface area contributed by atoms with Gasteiger partial charge in [0.1, 0.15) is 5.60 Å². The molecule has 0 spiro atoms. The highest BCUT2D eigenvalue weighted by molar-refractivity contribution is 5.35. The number of rotatable bonds is 3. The van der Waals surface area contributed by atoms with E-state index in [4.69, 9.17) is 30.6 Å². The largest absolute Gasteiger partial charge is 0.393 e. The highest BCUT2D eigenvalue weighted by Crippen LogP contribution is 2.28. The Bertz CT molecular complexity index is 562. The van der Waals surface area contributed by atoms with Crippen molar-refractivity contribution in [2.75, 3.05) is 6.61 Å².